The Bertz CT molecular complexity index is 1170. The van der Waals surface area contributed by atoms with E-state index >= 15 is 0 Å². The van der Waals surface area contributed by atoms with E-state index in [2.05, 4.69) is 39.6 Å². The summed E-state index contributed by atoms with van der Waals surface area (Å²) in [6, 6.07) is 20.7. The Morgan fingerprint density at radius 2 is 1.70 bits per heavy atom. The van der Waals surface area contributed by atoms with E-state index in [1.807, 2.05) is 48.8 Å². The van der Waals surface area contributed by atoms with Gasteiger partial charge in [-0.2, -0.15) is 0 Å². The van der Waals surface area contributed by atoms with Gasteiger partial charge in [0.15, 0.2) is 0 Å². The van der Waals surface area contributed by atoms with Gasteiger partial charge in [0.2, 0.25) is 0 Å². The Kier molecular flexibility index (Phi) is 4.85. The summed E-state index contributed by atoms with van der Waals surface area (Å²) in [5, 5.41) is 3.52. The molecule has 0 aliphatic heterocycles. The van der Waals surface area contributed by atoms with E-state index in [9.17, 15) is 0 Å². The van der Waals surface area contributed by atoms with Gasteiger partial charge in [0, 0.05) is 35.8 Å². The molecule has 30 heavy (non-hydrogen) atoms. The van der Waals surface area contributed by atoms with Crippen molar-refractivity contribution in [1.29, 1.82) is 0 Å². The molecule has 0 atom stereocenters. The number of hydrogen-bond acceptors (Lipinski definition) is 5. The van der Waals surface area contributed by atoms with E-state index in [0.717, 1.165) is 45.2 Å². The standard InChI is InChI=1S/C25H22N4O/c1-30-22-6-4-5-17(12-22)19-11-20(16-26-15-19)18-13-24(23-7-2-3-10-27-23)29-25(14-18)28-21-8-9-21/h2-7,10-16,21H,8-9H2,1H3,(H,28,29). The monoisotopic (exact) mass is 394 g/mol. The summed E-state index contributed by atoms with van der Waals surface area (Å²) >= 11 is 0. The molecule has 3 aromatic heterocycles. The van der Waals surface area contributed by atoms with E-state index in [1.54, 1.807) is 13.3 Å². The minimum Gasteiger partial charge on any atom is -0.497 e. The minimum absolute atomic E-state index is 0.519. The van der Waals surface area contributed by atoms with E-state index in [-0.39, 0.29) is 0 Å². The van der Waals surface area contributed by atoms with Gasteiger partial charge in [-0.05, 0) is 66.4 Å². The summed E-state index contributed by atoms with van der Waals surface area (Å²) in [7, 11) is 1.68. The highest BCUT2D eigenvalue weighted by atomic mass is 16.5. The maximum atomic E-state index is 5.37. The van der Waals surface area contributed by atoms with E-state index in [0.29, 0.717) is 6.04 Å². The van der Waals surface area contributed by atoms with Crippen LogP contribution >= 0.6 is 0 Å². The third-order valence-corrected chi connectivity index (χ3v) is 5.16. The molecule has 1 N–H and O–H groups in total. The number of aromatic nitrogens is 3. The summed E-state index contributed by atoms with van der Waals surface area (Å²) in [5.74, 6) is 1.71. The fourth-order valence-electron chi connectivity index (χ4n) is 3.41. The van der Waals surface area contributed by atoms with Gasteiger partial charge in [-0.1, -0.05) is 18.2 Å². The van der Waals surface area contributed by atoms with Crippen LogP contribution in [0.5, 0.6) is 5.75 Å². The van der Waals surface area contributed by atoms with Gasteiger partial charge >= 0.3 is 0 Å². The third kappa shape index (κ3) is 4.01. The molecule has 0 saturated heterocycles. The Hall–Kier alpha value is -3.73. The van der Waals surface area contributed by atoms with Crippen LogP contribution in [-0.2, 0) is 0 Å². The maximum Gasteiger partial charge on any atom is 0.127 e. The van der Waals surface area contributed by atoms with Crippen molar-refractivity contribution < 1.29 is 4.74 Å². The molecule has 0 amide bonds. The number of hydrogen-bond donors (Lipinski definition) is 1. The Labute approximate surface area is 175 Å². The molecular weight excluding hydrogens is 372 g/mol. The molecular formula is C25H22N4O. The predicted octanol–water partition coefficient (Wildman–Crippen LogP) is 5.46. The first kappa shape index (κ1) is 18.3. The number of methoxy groups -OCH3 is 1. The lowest BCUT2D eigenvalue weighted by Gasteiger charge is -2.11. The largest absolute Gasteiger partial charge is 0.497 e. The first-order chi connectivity index (χ1) is 14.8. The summed E-state index contributed by atoms with van der Waals surface area (Å²) in [6.07, 6.45) is 7.95. The first-order valence-corrected chi connectivity index (χ1v) is 10.1. The van der Waals surface area contributed by atoms with Crippen LogP contribution in [0, 0.1) is 0 Å². The van der Waals surface area contributed by atoms with Gasteiger partial charge in [-0.15, -0.1) is 0 Å². The highest BCUT2D eigenvalue weighted by Crippen LogP contribution is 2.32. The Morgan fingerprint density at radius 1 is 0.833 bits per heavy atom. The van der Waals surface area contributed by atoms with Gasteiger partial charge < -0.3 is 10.1 Å². The molecule has 1 saturated carbocycles. The summed E-state index contributed by atoms with van der Waals surface area (Å²) in [6.45, 7) is 0. The molecule has 148 valence electrons. The van der Waals surface area contributed by atoms with E-state index < -0.39 is 0 Å². The molecule has 0 radical (unpaired) electrons. The van der Waals surface area contributed by atoms with Crippen molar-refractivity contribution in [1.82, 2.24) is 15.0 Å². The van der Waals surface area contributed by atoms with Gasteiger partial charge in [-0.3, -0.25) is 9.97 Å². The number of nitrogens with one attached hydrogen (secondary N) is 1. The molecule has 1 aliphatic carbocycles. The van der Waals surface area contributed by atoms with Crippen molar-refractivity contribution in [2.75, 3.05) is 12.4 Å². The summed E-state index contributed by atoms with van der Waals surface area (Å²) < 4.78 is 5.37. The molecule has 5 rings (SSSR count). The second-order valence-corrected chi connectivity index (χ2v) is 7.45. The van der Waals surface area contributed by atoms with Crippen LogP contribution in [0.1, 0.15) is 12.8 Å². The zero-order chi connectivity index (χ0) is 20.3. The van der Waals surface area contributed by atoms with Crippen LogP contribution in [0.4, 0.5) is 5.82 Å². The lowest BCUT2D eigenvalue weighted by atomic mass is 10.0. The maximum absolute atomic E-state index is 5.37. The zero-order valence-corrected chi connectivity index (χ0v) is 16.7. The van der Waals surface area contributed by atoms with Crippen LogP contribution in [0.25, 0.3) is 33.6 Å². The van der Waals surface area contributed by atoms with E-state index in [4.69, 9.17) is 9.72 Å². The van der Waals surface area contributed by atoms with Crippen LogP contribution in [-0.4, -0.2) is 28.1 Å². The van der Waals surface area contributed by atoms with Crippen molar-refractivity contribution in [3.63, 3.8) is 0 Å². The number of anilines is 1. The number of ether oxygens (including phenoxy) is 1. The summed E-state index contributed by atoms with van der Waals surface area (Å²) in [5.41, 5.74) is 5.91. The molecule has 1 aliphatic rings. The first-order valence-electron chi connectivity index (χ1n) is 10.1. The smallest absolute Gasteiger partial charge is 0.127 e. The van der Waals surface area contributed by atoms with Crippen LogP contribution < -0.4 is 10.1 Å². The van der Waals surface area contributed by atoms with Gasteiger partial charge in [0.25, 0.3) is 0 Å². The van der Waals surface area contributed by atoms with Crippen LogP contribution in [0.2, 0.25) is 0 Å². The van der Waals surface area contributed by atoms with Crippen molar-refractivity contribution >= 4 is 5.82 Å². The molecule has 1 fully saturated rings. The number of benzene rings is 1. The highest BCUT2D eigenvalue weighted by molar-refractivity contribution is 5.76. The molecule has 0 bridgehead atoms. The lowest BCUT2D eigenvalue weighted by molar-refractivity contribution is 0.415. The highest BCUT2D eigenvalue weighted by Gasteiger charge is 2.22. The van der Waals surface area contributed by atoms with Crippen molar-refractivity contribution in [3.05, 3.63) is 79.3 Å². The van der Waals surface area contributed by atoms with Crippen LogP contribution in [0.15, 0.2) is 79.3 Å². The predicted molar refractivity (Wildman–Crippen MR) is 119 cm³/mol. The fraction of sp³-hybridized carbons (Fsp3) is 0.160. The number of pyridine rings is 3. The second-order valence-electron chi connectivity index (χ2n) is 7.45. The number of nitrogens with zero attached hydrogens (tertiary/aromatic N) is 3. The van der Waals surface area contributed by atoms with Gasteiger partial charge in [0.1, 0.15) is 11.6 Å². The molecule has 3 heterocycles. The fourth-order valence-corrected chi connectivity index (χ4v) is 3.41. The summed E-state index contributed by atoms with van der Waals surface area (Å²) in [4.78, 5) is 13.8. The SMILES string of the molecule is COc1cccc(-c2cncc(-c3cc(NC4CC4)nc(-c4ccccn4)c3)c2)c1. The van der Waals surface area contributed by atoms with E-state index in [1.165, 1.54) is 12.8 Å². The van der Waals surface area contributed by atoms with Gasteiger partial charge in [0.05, 0.1) is 18.5 Å². The lowest BCUT2D eigenvalue weighted by Crippen LogP contribution is -2.04. The zero-order valence-electron chi connectivity index (χ0n) is 16.7. The average molecular weight is 394 g/mol. The van der Waals surface area contributed by atoms with Crippen LogP contribution in [0.3, 0.4) is 0 Å². The van der Waals surface area contributed by atoms with Gasteiger partial charge in [-0.25, -0.2) is 4.98 Å². The molecule has 0 spiro atoms. The molecule has 5 nitrogen and oxygen atoms in total. The third-order valence-electron chi connectivity index (χ3n) is 5.16. The Balaban J connectivity index is 1.57. The topological polar surface area (TPSA) is 59.9 Å². The molecule has 0 unspecified atom stereocenters. The quantitative estimate of drug-likeness (QED) is 0.471. The Morgan fingerprint density at radius 3 is 2.47 bits per heavy atom. The normalized spacial score (nSPS) is 13.1. The van der Waals surface area contributed by atoms with Crippen molar-refractivity contribution in [3.8, 4) is 39.4 Å². The molecule has 4 aromatic rings. The molecule has 5 heteroatoms. The molecule has 1 aromatic carbocycles. The minimum atomic E-state index is 0.519. The average Bonchev–Trinajstić information content (AvgIpc) is 3.63. The van der Waals surface area contributed by atoms with Crippen molar-refractivity contribution in [2.24, 2.45) is 0 Å². The van der Waals surface area contributed by atoms with Crippen molar-refractivity contribution in [2.45, 2.75) is 18.9 Å². The second kappa shape index (κ2) is 7.95. The number of rotatable bonds is 6.